The Kier molecular flexibility index (Phi) is 7.18. The molecule has 1 aliphatic heterocycles. The molecule has 0 aromatic heterocycles. The lowest BCUT2D eigenvalue weighted by molar-refractivity contribution is -0.241. The van der Waals surface area contributed by atoms with Crippen LogP contribution in [0.1, 0.15) is 25.8 Å². The summed E-state index contributed by atoms with van der Waals surface area (Å²) in [5.41, 5.74) is 0.303. The molecule has 10 nitrogen and oxygen atoms in total. The van der Waals surface area contributed by atoms with Crippen LogP contribution < -0.4 is 4.74 Å². The number of ether oxygens (including phenoxy) is 5. The molecule has 1 saturated heterocycles. The second kappa shape index (κ2) is 9.38. The lowest BCUT2D eigenvalue weighted by atomic mass is 10.0. The Hall–Kier alpha value is -2.85. The van der Waals surface area contributed by atoms with Crippen molar-refractivity contribution in [3.63, 3.8) is 0 Å². The molecule has 154 valence electrons. The fourth-order valence-corrected chi connectivity index (χ4v) is 2.76. The number of rotatable bonds is 6. The minimum Gasteiger partial charge on any atom is -0.507 e. The first-order valence-electron chi connectivity index (χ1n) is 8.42. The van der Waals surface area contributed by atoms with Crippen LogP contribution in [-0.4, -0.2) is 59.8 Å². The highest BCUT2D eigenvalue weighted by Crippen LogP contribution is 2.30. The molecule has 0 spiro atoms. The molecule has 0 saturated carbocycles. The molecule has 0 radical (unpaired) electrons. The van der Waals surface area contributed by atoms with E-state index in [0.717, 1.165) is 14.0 Å². The summed E-state index contributed by atoms with van der Waals surface area (Å²) in [7, 11) is 1.13. The molecule has 2 rings (SSSR count). The van der Waals surface area contributed by atoms with E-state index in [1.54, 1.807) is 0 Å². The average Bonchev–Trinajstić information content (AvgIpc) is 2.62. The summed E-state index contributed by atoms with van der Waals surface area (Å²) >= 11 is 0. The maximum Gasteiger partial charge on any atom is 0.339 e. The summed E-state index contributed by atoms with van der Waals surface area (Å²) in [6.07, 6.45) is -4.73. The van der Waals surface area contributed by atoms with Crippen molar-refractivity contribution in [1.29, 1.82) is 0 Å². The molecule has 28 heavy (non-hydrogen) atoms. The molecule has 1 unspecified atom stereocenters. The zero-order valence-electron chi connectivity index (χ0n) is 15.6. The molecular formula is C18H22O10. The zero-order valence-corrected chi connectivity index (χ0v) is 15.6. The maximum atomic E-state index is 12.1. The monoisotopic (exact) mass is 398 g/mol. The molecule has 2 N–H and O–H groups in total. The van der Waals surface area contributed by atoms with Crippen molar-refractivity contribution in [2.45, 2.75) is 51.5 Å². The first kappa shape index (κ1) is 21.5. The van der Waals surface area contributed by atoms with Gasteiger partial charge in [0.05, 0.1) is 20.1 Å². The van der Waals surface area contributed by atoms with E-state index in [-0.39, 0.29) is 24.5 Å². The van der Waals surface area contributed by atoms with E-state index >= 15 is 0 Å². The van der Waals surface area contributed by atoms with Gasteiger partial charge < -0.3 is 33.9 Å². The third-order valence-corrected chi connectivity index (χ3v) is 3.94. The van der Waals surface area contributed by atoms with Crippen LogP contribution in [0.4, 0.5) is 0 Å². The second-order valence-corrected chi connectivity index (χ2v) is 6.03. The Balaban J connectivity index is 2.26. The third kappa shape index (κ3) is 5.33. The second-order valence-electron chi connectivity index (χ2n) is 6.03. The molecule has 1 fully saturated rings. The van der Waals surface area contributed by atoms with E-state index in [1.165, 1.54) is 25.1 Å². The molecule has 1 aromatic rings. The Morgan fingerprint density at radius 3 is 2.39 bits per heavy atom. The van der Waals surface area contributed by atoms with Crippen LogP contribution in [0.5, 0.6) is 11.5 Å². The summed E-state index contributed by atoms with van der Waals surface area (Å²) in [6, 6.07) is 4.21. The van der Waals surface area contributed by atoms with Crippen molar-refractivity contribution < 1.29 is 48.3 Å². The largest absolute Gasteiger partial charge is 0.507 e. The van der Waals surface area contributed by atoms with Crippen LogP contribution in [0, 0.1) is 0 Å². The SMILES string of the molecule is COC(=O)[C@H]1O[C@@H](Oc2ccc(CO)c(O)c2)C[C@@H](OC(C)=O)C1OC(C)=O. The number of methoxy groups -OCH3 is 1. The highest BCUT2D eigenvalue weighted by Gasteiger charge is 2.48. The van der Waals surface area contributed by atoms with Crippen LogP contribution in [0.25, 0.3) is 0 Å². The quantitative estimate of drug-likeness (QED) is 0.512. The fraction of sp³-hybridized carbons (Fsp3) is 0.500. The number of phenols is 1. The van der Waals surface area contributed by atoms with E-state index in [9.17, 15) is 19.5 Å². The van der Waals surface area contributed by atoms with Gasteiger partial charge in [0, 0.05) is 25.5 Å². The molecular weight excluding hydrogens is 376 g/mol. The first-order valence-corrected chi connectivity index (χ1v) is 8.42. The van der Waals surface area contributed by atoms with Crippen LogP contribution in [0.3, 0.4) is 0 Å². The number of aliphatic hydroxyl groups excluding tert-OH is 1. The molecule has 1 aromatic carbocycles. The number of carbonyl (C=O) groups excluding carboxylic acids is 3. The predicted octanol–water partition coefficient (Wildman–Crippen LogP) is 0.415. The van der Waals surface area contributed by atoms with E-state index in [0.29, 0.717) is 5.56 Å². The van der Waals surface area contributed by atoms with E-state index in [2.05, 4.69) is 4.74 Å². The molecule has 1 heterocycles. The number of hydrogen-bond donors (Lipinski definition) is 2. The van der Waals surface area contributed by atoms with Gasteiger partial charge in [0.25, 0.3) is 0 Å². The Morgan fingerprint density at radius 1 is 1.18 bits per heavy atom. The van der Waals surface area contributed by atoms with Gasteiger partial charge in [0.15, 0.2) is 12.2 Å². The third-order valence-electron chi connectivity index (χ3n) is 3.94. The maximum absolute atomic E-state index is 12.1. The number of benzene rings is 1. The highest BCUT2D eigenvalue weighted by molar-refractivity contribution is 5.77. The molecule has 0 bridgehead atoms. The Bertz CT molecular complexity index is 731. The number of esters is 3. The first-order chi connectivity index (χ1) is 13.2. The van der Waals surface area contributed by atoms with Gasteiger partial charge in [-0.3, -0.25) is 9.59 Å². The minimum atomic E-state index is -1.39. The topological polar surface area (TPSA) is 138 Å². The lowest BCUT2D eigenvalue weighted by Crippen LogP contribution is -2.56. The standard InChI is InChI=1S/C18H22O10/c1-9(20)25-14-7-15(27-12-5-4-11(8-19)13(22)6-12)28-17(18(23)24-3)16(14)26-10(2)21/h4-6,14-17,19,22H,7-8H2,1-3H3/t14-,15-,16?,17+/m1/s1. The molecule has 1 aliphatic rings. The van der Waals surface area contributed by atoms with Crippen molar-refractivity contribution in [2.75, 3.05) is 7.11 Å². The average molecular weight is 398 g/mol. The summed E-state index contributed by atoms with van der Waals surface area (Å²) in [5.74, 6) is -2.17. The van der Waals surface area contributed by atoms with Gasteiger partial charge >= 0.3 is 17.9 Å². The van der Waals surface area contributed by atoms with Gasteiger partial charge in [-0.25, -0.2) is 4.79 Å². The predicted molar refractivity (Wildman–Crippen MR) is 91.1 cm³/mol. The number of aromatic hydroxyl groups is 1. The van der Waals surface area contributed by atoms with E-state index in [4.69, 9.17) is 24.1 Å². The molecule has 4 atom stereocenters. The van der Waals surface area contributed by atoms with Crippen molar-refractivity contribution in [2.24, 2.45) is 0 Å². The fourth-order valence-electron chi connectivity index (χ4n) is 2.76. The van der Waals surface area contributed by atoms with Crippen LogP contribution >= 0.6 is 0 Å². The molecule has 10 heteroatoms. The number of aliphatic hydroxyl groups is 1. The van der Waals surface area contributed by atoms with E-state index < -0.39 is 42.5 Å². The normalized spacial score (nSPS) is 24.1. The molecule has 0 aliphatic carbocycles. The van der Waals surface area contributed by atoms with Crippen LogP contribution in [-0.2, 0) is 39.9 Å². The van der Waals surface area contributed by atoms with Gasteiger partial charge in [-0.15, -0.1) is 0 Å². The zero-order chi connectivity index (χ0) is 20.8. The summed E-state index contributed by atoms with van der Waals surface area (Å²) in [6.45, 7) is 1.97. The number of carbonyl (C=O) groups is 3. The lowest BCUT2D eigenvalue weighted by Gasteiger charge is -2.38. The van der Waals surface area contributed by atoms with Gasteiger partial charge in [-0.05, 0) is 12.1 Å². The Labute approximate surface area is 160 Å². The van der Waals surface area contributed by atoms with Crippen molar-refractivity contribution >= 4 is 17.9 Å². The van der Waals surface area contributed by atoms with Gasteiger partial charge in [-0.1, -0.05) is 0 Å². The van der Waals surface area contributed by atoms with Gasteiger partial charge in [-0.2, -0.15) is 0 Å². The Morgan fingerprint density at radius 2 is 1.86 bits per heavy atom. The van der Waals surface area contributed by atoms with Crippen molar-refractivity contribution in [3.05, 3.63) is 23.8 Å². The van der Waals surface area contributed by atoms with Crippen molar-refractivity contribution in [1.82, 2.24) is 0 Å². The van der Waals surface area contributed by atoms with Crippen LogP contribution in [0.15, 0.2) is 18.2 Å². The minimum absolute atomic E-state index is 0.0481. The van der Waals surface area contributed by atoms with Crippen LogP contribution in [0.2, 0.25) is 0 Å². The van der Waals surface area contributed by atoms with Gasteiger partial charge in [0.1, 0.15) is 17.6 Å². The summed E-state index contributed by atoms with van der Waals surface area (Å²) < 4.78 is 26.2. The smallest absolute Gasteiger partial charge is 0.339 e. The summed E-state index contributed by atoms with van der Waals surface area (Å²) in [4.78, 5) is 35.0. The highest BCUT2D eigenvalue weighted by atomic mass is 16.7. The summed E-state index contributed by atoms with van der Waals surface area (Å²) in [5, 5.41) is 18.9. The van der Waals surface area contributed by atoms with Gasteiger partial charge in [0.2, 0.25) is 6.29 Å². The van der Waals surface area contributed by atoms with Crippen molar-refractivity contribution in [3.8, 4) is 11.5 Å². The van der Waals surface area contributed by atoms with E-state index in [1.807, 2.05) is 0 Å². The molecule has 0 amide bonds. The number of hydrogen-bond acceptors (Lipinski definition) is 10.